The molecule has 0 rings (SSSR count). The fourth-order valence-electron chi connectivity index (χ4n) is 0.407. The maximum absolute atomic E-state index is 10.2. The van der Waals surface area contributed by atoms with Gasteiger partial charge in [-0.2, -0.15) is 0 Å². The summed E-state index contributed by atoms with van der Waals surface area (Å²) in [6.07, 6.45) is 0. The number of carbonyl (C=O) groups excluding carboxylic acids is 1. The molecule has 56 valence electrons. The number of amides is 1. The zero-order valence-corrected chi connectivity index (χ0v) is 7.39. The number of halogens is 1. The minimum atomic E-state index is -0.299. The number of hydrogen-bond donors (Lipinski definition) is 2. The third-order valence-electron chi connectivity index (χ3n) is 0.937. The van der Waals surface area contributed by atoms with Crippen LogP contribution in [0.25, 0.3) is 0 Å². The Morgan fingerprint density at radius 1 is 1.78 bits per heavy atom. The second-order valence-corrected chi connectivity index (χ2v) is 1.68. The lowest BCUT2D eigenvalue weighted by Crippen LogP contribution is -2.38. The van der Waals surface area contributed by atoms with Crippen LogP contribution >= 0.6 is 17.0 Å². The Hall–Kier alpha value is -0.0900. The molecule has 0 aromatic rings. The zero-order valence-electron chi connectivity index (χ0n) is 5.68. The van der Waals surface area contributed by atoms with E-state index in [2.05, 4.69) is 5.32 Å². The Bertz CT molecular complexity index is 87.0. The molecule has 0 radical (unpaired) electrons. The zero-order chi connectivity index (χ0) is 6.57. The van der Waals surface area contributed by atoms with Gasteiger partial charge in [0.1, 0.15) is 0 Å². The van der Waals surface area contributed by atoms with Gasteiger partial charge in [-0.25, -0.2) is 0 Å². The lowest BCUT2D eigenvalue weighted by atomic mass is 10.3. The smallest absolute Gasteiger partial charge is 0.234 e. The molecule has 0 spiro atoms. The quantitative estimate of drug-likeness (QED) is 0.671. The summed E-state index contributed by atoms with van der Waals surface area (Å²) >= 11 is 0. The van der Waals surface area contributed by atoms with Crippen LogP contribution in [0.15, 0.2) is 0 Å². The molecule has 0 aromatic heterocycles. The number of nitrogens with one attached hydrogen (secondary N) is 1. The molecule has 0 unspecified atom stereocenters. The highest BCUT2D eigenvalue weighted by Crippen LogP contribution is 1.74. The molecule has 0 heterocycles. The van der Waals surface area contributed by atoms with Crippen molar-refractivity contribution in [2.75, 3.05) is 6.54 Å². The van der Waals surface area contributed by atoms with Crippen molar-refractivity contribution in [2.24, 2.45) is 5.73 Å². The lowest BCUT2D eigenvalue weighted by Gasteiger charge is -2.05. The van der Waals surface area contributed by atoms with Gasteiger partial charge in [0.2, 0.25) is 5.91 Å². The van der Waals surface area contributed by atoms with E-state index in [4.69, 9.17) is 5.73 Å². The number of rotatable bonds is 3. The van der Waals surface area contributed by atoms with Gasteiger partial charge in [0, 0.05) is 0 Å². The van der Waals surface area contributed by atoms with Crippen molar-refractivity contribution in [3.8, 4) is 0 Å². The second-order valence-electron chi connectivity index (χ2n) is 1.68. The minimum Gasteiger partial charge on any atom is -0.368 e. The molecule has 0 aromatic carbocycles. The third kappa shape index (κ3) is 5.79. The molecule has 0 fully saturated rings. The number of likely N-dealkylation sites (N-methyl/N-ethyl adjacent to an activating group) is 1. The van der Waals surface area contributed by atoms with Crippen molar-refractivity contribution >= 4 is 22.9 Å². The van der Waals surface area contributed by atoms with Crippen LogP contribution in [0, 0.1) is 0 Å². The van der Waals surface area contributed by atoms with E-state index in [0.717, 1.165) is 6.54 Å². The molecule has 0 saturated heterocycles. The molecule has 0 aliphatic rings. The van der Waals surface area contributed by atoms with Crippen molar-refractivity contribution in [2.45, 2.75) is 19.9 Å². The van der Waals surface area contributed by atoms with Crippen LogP contribution in [-0.4, -0.2) is 18.5 Å². The monoisotopic (exact) mass is 196 g/mol. The highest BCUT2D eigenvalue weighted by atomic mass is 79.9. The van der Waals surface area contributed by atoms with E-state index in [1.807, 2.05) is 6.92 Å². The number of primary amides is 1. The summed E-state index contributed by atoms with van der Waals surface area (Å²) in [4.78, 5) is 10.2. The van der Waals surface area contributed by atoms with Crippen LogP contribution < -0.4 is 11.1 Å². The maximum Gasteiger partial charge on any atom is 0.234 e. The molecule has 4 heteroatoms. The summed E-state index contributed by atoms with van der Waals surface area (Å²) in [6.45, 7) is 4.45. The van der Waals surface area contributed by atoms with Gasteiger partial charge < -0.3 is 11.1 Å². The van der Waals surface area contributed by atoms with E-state index in [-0.39, 0.29) is 28.9 Å². The average Bonchev–Trinajstić information content (AvgIpc) is 1.67. The molecule has 3 nitrogen and oxygen atoms in total. The Kier molecular flexibility index (Phi) is 7.83. The normalized spacial score (nSPS) is 11.8. The Balaban J connectivity index is 0. The first-order chi connectivity index (χ1) is 3.68. The highest BCUT2D eigenvalue weighted by molar-refractivity contribution is 8.93. The van der Waals surface area contributed by atoms with Gasteiger partial charge in [-0.3, -0.25) is 4.79 Å². The Morgan fingerprint density at radius 2 is 2.22 bits per heavy atom. The predicted molar refractivity (Wildman–Crippen MR) is 42.7 cm³/mol. The number of hydrogen-bond acceptors (Lipinski definition) is 2. The van der Waals surface area contributed by atoms with E-state index in [9.17, 15) is 4.79 Å². The van der Waals surface area contributed by atoms with Gasteiger partial charge in [0.25, 0.3) is 0 Å². The van der Waals surface area contributed by atoms with Crippen LogP contribution in [-0.2, 0) is 4.79 Å². The average molecular weight is 197 g/mol. The van der Waals surface area contributed by atoms with Crippen LogP contribution in [0.1, 0.15) is 13.8 Å². The topological polar surface area (TPSA) is 55.1 Å². The van der Waals surface area contributed by atoms with E-state index in [0.29, 0.717) is 0 Å². The fourth-order valence-corrected chi connectivity index (χ4v) is 0.407. The van der Waals surface area contributed by atoms with Crippen LogP contribution in [0.4, 0.5) is 0 Å². The summed E-state index contributed by atoms with van der Waals surface area (Å²) in [7, 11) is 0. The van der Waals surface area contributed by atoms with Gasteiger partial charge in [0.05, 0.1) is 6.04 Å². The maximum atomic E-state index is 10.2. The SMILES string of the molecule is Br.CCN[C@@H](C)C(N)=O. The molecule has 0 saturated carbocycles. The molecule has 1 amide bonds. The Morgan fingerprint density at radius 3 is 2.33 bits per heavy atom. The molecular formula is C5H13BrN2O. The predicted octanol–water partition coefficient (Wildman–Crippen LogP) is 0.0476. The fraction of sp³-hybridized carbons (Fsp3) is 0.800. The first-order valence-electron chi connectivity index (χ1n) is 2.71. The largest absolute Gasteiger partial charge is 0.368 e. The van der Waals surface area contributed by atoms with Crippen LogP contribution in [0.5, 0.6) is 0 Å². The van der Waals surface area contributed by atoms with Crippen LogP contribution in [0.2, 0.25) is 0 Å². The van der Waals surface area contributed by atoms with E-state index >= 15 is 0 Å². The molecule has 3 N–H and O–H groups in total. The van der Waals surface area contributed by atoms with E-state index in [1.54, 1.807) is 6.92 Å². The van der Waals surface area contributed by atoms with Gasteiger partial charge in [0.15, 0.2) is 0 Å². The molecule has 0 bridgehead atoms. The molecule has 1 atom stereocenters. The molecule has 9 heavy (non-hydrogen) atoms. The highest BCUT2D eigenvalue weighted by Gasteiger charge is 2.03. The van der Waals surface area contributed by atoms with Crippen molar-refractivity contribution in [1.82, 2.24) is 5.32 Å². The minimum absolute atomic E-state index is 0. The Labute approximate surface area is 65.8 Å². The van der Waals surface area contributed by atoms with Gasteiger partial charge >= 0.3 is 0 Å². The van der Waals surface area contributed by atoms with E-state index in [1.165, 1.54) is 0 Å². The standard InChI is InChI=1S/C5H12N2O.BrH/c1-3-7-4(2)5(6)8;/h4,7H,3H2,1-2H3,(H2,6,8);1H/t4-;/m0./s1. The summed E-state index contributed by atoms with van der Waals surface area (Å²) in [6, 6.07) is -0.194. The molecular weight excluding hydrogens is 184 g/mol. The number of nitrogens with two attached hydrogens (primary N) is 1. The van der Waals surface area contributed by atoms with Gasteiger partial charge in [-0.05, 0) is 13.5 Å². The lowest BCUT2D eigenvalue weighted by molar-refractivity contribution is -0.119. The van der Waals surface area contributed by atoms with Crippen LogP contribution in [0.3, 0.4) is 0 Å². The van der Waals surface area contributed by atoms with E-state index < -0.39 is 0 Å². The summed E-state index contributed by atoms with van der Waals surface area (Å²) in [5, 5.41) is 2.87. The van der Waals surface area contributed by atoms with Crippen molar-refractivity contribution in [3.05, 3.63) is 0 Å². The summed E-state index contributed by atoms with van der Waals surface area (Å²) in [5.41, 5.74) is 4.92. The van der Waals surface area contributed by atoms with Gasteiger partial charge in [-0.1, -0.05) is 6.92 Å². The molecule has 0 aliphatic heterocycles. The molecule has 0 aliphatic carbocycles. The number of carbonyl (C=O) groups is 1. The van der Waals surface area contributed by atoms with Crippen molar-refractivity contribution in [3.63, 3.8) is 0 Å². The first-order valence-corrected chi connectivity index (χ1v) is 2.71. The van der Waals surface area contributed by atoms with Crippen molar-refractivity contribution < 1.29 is 4.79 Å². The summed E-state index contributed by atoms with van der Waals surface area (Å²) < 4.78 is 0. The first kappa shape index (κ1) is 11.7. The summed E-state index contributed by atoms with van der Waals surface area (Å²) in [5.74, 6) is -0.299. The van der Waals surface area contributed by atoms with Crippen molar-refractivity contribution in [1.29, 1.82) is 0 Å². The van der Waals surface area contributed by atoms with Gasteiger partial charge in [-0.15, -0.1) is 17.0 Å². The second kappa shape index (κ2) is 6.04. The third-order valence-corrected chi connectivity index (χ3v) is 0.937.